The molecule has 0 aliphatic heterocycles. The number of Topliss-reactive ketones (excluding diaryl/α,β-unsaturated/α-hetero) is 1. The van der Waals surface area contributed by atoms with Gasteiger partial charge in [-0.25, -0.2) is 0 Å². The Balaban J connectivity index is 2.03. The predicted molar refractivity (Wildman–Crippen MR) is 77.8 cm³/mol. The van der Waals surface area contributed by atoms with Crippen LogP contribution in [-0.2, 0) is 4.74 Å². The van der Waals surface area contributed by atoms with Gasteiger partial charge in [-0.2, -0.15) is 0 Å². The summed E-state index contributed by atoms with van der Waals surface area (Å²) in [7, 11) is 1.64. The molecule has 0 radical (unpaired) electrons. The molecule has 0 heterocycles. The number of hydrogen-bond acceptors (Lipinski definition) is 3. The molecule has 0 N–H and O–H groups in total. The van der Waals surface area contributed by atoms with Crippen molar-refractivity contribution in [3.63, 3.8) is 0 Å². The van der Waals surface area contributed by atoms with E-state index in [1.165, 1.54) is 12.8 Å². The van der Waals surface area contributed by atoms with Crippen LogP contribution in [0.2, 0.25) is 0 Å². The van der Waals surface area contributed by atoms with E-state index in [0.717, 1.165) is 28.6 Å². The molecule has 1 aliphatic rings. The molecule has 1 aromatic rings. The zero-order chi connectivity index (χ0) is 13.7. The van der Waals surface area contributed by atoms with Gasteiger partial charge in [-0.1, -0.05) is 12.8 Å². The molecular formula is C15H19BrO3. The first-order chi connectivity index (χ1) is 9.22. The Labute approximate surface area is 122 Å². The Morgan fingerprint density at radius 1 is 1.32 bits per heavy atom. The molecule has 3 nitrogen and oxygen atoms in total. The molecule has 19 heavy (non-hydrogen) atoms. The van der Waals surface area contributed by atoms with Gasteiger partial charge >= 0.3 is 0 Å². The van der Waals surface area contributed by atoms with Gasteiger partial charge in [-0.15, -0.1) is 0 Å². The second kappa shape index (κ2) is 7.06. The topological polar surface area (TPSA) is 35.5 Å². The minimum Gasteiger partial charge on any atom is -0.490 e. The Morgan fingerprint density at radius 3 is 2.68 bits per heavy atom. The molecule has 0 amide bonds. The first-order valence-corrected chi connectivity index (χ1v) is 7.47. The van der Waals surface area contributed by atoms with Gasteiger partial charge in [0, 0.05) is 18.6 Å². The van der Waals surface area contributed by atoms with E-state index in [-0.39, 0.29) is 11.7 Å². The second-order valence-corrected chi connectivity index (χ2v) is 5.69. The monoisotopic (exact) mass is 326 g/mol. The van der Waals surface area contributed by atoms with Crippen LogP contribution < -0.4 is 4.74 Å². The first kappa shape index (κ1) is 14.5. The lowest BCUT2D eigenvalue weighted by atomic mass is 9.96. The zero-order valence-electron chi connectivity index (χ0n) is 11.2. The standard InChI is InChI=1S/C15H19BrO3/c1-18-8-9-19-14-7-6-12(10-13(14)16)15(17)11-4-2-3-5-11/h6-7,10-11H,2-5,8-9H2,1H3. The van der Waals surface area contributed by atoms with Crippen molar-refractivity contribution in [2.24, 2.45) is 5.92 Å². The van der Waals surface area contributed by atoms with E-state index >= 15 is 0 Å². The minimum atomic E-state index is 0.215. The van der Waals surface area contributed by atoms with Crippen LogP contribution in [0.1, 0.15) is 36.0 Å². The highest BCUT2D eigenvalue weighted by molar-refractivity contribution is 9.10. The molecule has 0 bridgehead atoms. The van der Waals surface area contributed by atoms with Gasteiger partial charge in [0.15, 0.2) is 5.78 Å². The van der Waals surface area contributed by atoms with E-state index in [2.05, 4.69) is 15.9 Å². The first-order valence-electron chi connectivity index (χ1n) is 6.68. The summed E-state index contributed by atoms with van der Waals surface area (Å²) in [5.41, 5.74) is 0.776. The molecule has 0 unspecified atom stereocenters. The summed E-state index contributed by atoms with van der Waals surface area (Å²) in [4.78, 5) is 12.3. The van der Waals surface area contributed by atoms with Crippen LogP contribution >= 0.6 is 15.9 Å². The van der Waals surface area contributed by atoms with Crippen LogP contribution in [0, 0.1) is 5.92 Å². The number of ether oxygens (including phenoxy) is 2. The molecule has 1 fully saturated rings. The number of rotatable bonds is 6. The molecule has 0 spiro atoms. The predicted octanol–water partition coefficient (Wildman–Crippen LogP) is 3.85. The Bertz CT molecular complexity index is 439. The summed E-state index contributed by atoms with van der Waals surface area (Å²) in [6, 6.07) is 5.57. The molecule has 0 saturated heterocycles. The van der Waals surface area contributed by atoms with Gasteiger partial charge in [0.05, 0.1) is 11.1 Å². The lowest BCUT2D eigenvalue weighted by molar-refractivity contribution is 0.0922. The second-order valence-electron chi connectivity index (χ2n) is 4.83. The quantitative estimate of drug-likeness (QED) is 0.588. The molecule has 4 heteroatoms. The van der Waals surface area contributed by atoms with Gasteiger partial charge in [0.1, 0.15) is 12.4 Å². The maximum absolute atomic E-state index is 12.3. The fourth-order valence-electron chi connectivity index (χ4n) is 2.43. The molecule has 1 aromatic carbocycles. The van der Waals surface area contributed by atoms with Crippen molar-refractivity contribution in [1.82, 2.24) is 0 Å². The summed E-state index contributed by atoms with van der Waals surface area (Å²) in [5.74, 6) is 1.23. The summed E-state index contributed by atoms with van der Waals surface area (Å²) in [6.07, 6.45) is 4.41. The van der Waals surface area contributed by atoms with Crippen molar-refractivity contribution in [3.8, 4) is 5.75 Å². The lowest BCUT2D eigenvalue weighted by Crippen LogP contribution is -2.11. The van der Waals surface area contributed by atoms with Gasteiger partial charge < -0.3 is 9.47 Å². The van der Waals surface area contributed by atoms with Crippen LogP contribution in [0.4, 0.5) is 0 Å². The number of ketones is 1. The van der Waals surface area contributed by atoms with E-state index in [0.29, 0.717) is 13.2 Å². The highest BCUT2D eigenvalue weighted by Crippen LogP contribution is 2.31. The maximum Gasteiger partial charge on any atom is 0.165 e. The largest absolute Gasteiger partial charge is 0.490 e. The van der Waals surface area contributed by atoms with Crippen LogP contribution in [0.15, 0.2) is 22.7 Å². The van der Waals surface area contributed by atoms with Crippen molar-refractivity contribution in [2.75, 3.05) is 20.3 Å². The van der Waals surface area contributed by atoms with Gasteiger partial charge in [0.25, 0.3) is 0 Å². The van der Waals surface area contributed by atoms with Crippen molar-refractivity contribution >= 4 is 21.7 Å². The third-order valence-corrected chi connectivity index (χ3v) is 4.11. The van der Waals surface area contributed by atoms with Crippen molar-refractivity contribution in [1.29, 1.82) is 0 Å². The molecular weight excluding hydrogens is 308 g/mol. The fourth-order valence-corrected chi connectivity index (χ4v) is 2.92. The van der Waals surface area contributed by atoms with Crippen molar-refractivity contribution < 1.29 is 14.3 Å². The minimum absolute atomic E-state index is 0.215. The van der Waals surface area contributed by atoms with Gasteiger partial charge in [-0.05, 0) is 47.0 Å². The van der Waals surface area contributed by atoms with Crippen molar-refractivity contribution in [2.45, 2.75) is 25.7 Å². The maximum atomic E-state index is 12.3. The van der Waals surface area contributed by atoms with E-state index < -0.39 is 0 Å². The fraction of sp³-hybridized carbons (Fsp3) is 0.533. The molecule has 0 aromatic heterocycles. The highest BCUT2D eigenvalue weighted by atomic mass is 79.9. The number of benzene rings is 1. The molecule has 104 valence electrons. The zero-order valence-corrected chi connectivity index (χ0v) is 12.7. The Hall–Kier alpha value is -0.870. The normalized spacial score (nSPS) is 15.7. The van der Waals surface area contributed by atoms with Gasteiger partial charge in [-0.3, -0.25) is 4.79 Å². The number of carbonyl (C=O) groups is 1. The van der Waals surface area contributed by atoms with E-state index in [9.17, 15) is 4.79 Å². The summed E-state index contributed by atoms with van der Waals surface area (Å²) < 4.78 is 11.3. The SMILES string of the molecule is COCCOc1ccc(C(=O)C2CCCC2)cc1Br. The van der Waals surface area contributed by atoms with Gasteiger partial charge in [0.2, 0.25) is 0 Å². The average Bonchev–Trinajstić information content (AvgIpc) is 2.94. The number of methoxy groups -OCH3 is 1. The number of carbonyl (C=O) groups excluding carboxylic acids is 1. The number of hydrogen-bond donors (Lipinski definition) is 0. The van der Waals surface area contributed by atoms with Crippen LogP contribution in [0.5, 0.6) is 5.75 Å². The molecule has 1 saturated carbocycles. The summed E-state index contributed by atoms with van der Waals surface area (Å²) >= 11 is 3.46. The molecule has 2 rings (SSSR count). The van der Waals surface area contributed by atoms with E-state index in [1.54, 1.807) is 7.11 Å². The summed E-state index contributed by atoms with van der Waals surface area (Å²) in [6.45, 7) is 1.06. The third-order valence-electron chi connectivity index (χ3n) is 3.49. The smallest absolute Gasteiger partial charge is 0.165 e. The third kappa shape index (κ3) is 3.80. The average molecular weight is 327 g/mol. The molecule has 0 atom stereocenters. The Morgan fingerprint density at radius 2 is 2.05 bits per heavy atom. The summed E-state index contributed by atoms with van der Waals surface area (Å²) in [5, 5.41) is 0. The van der Waals surface area contributed by atoms with E-state index in [1.807, 2.05) is 18.2 Å². The van der Waals surface area contributed by atoms with E-state index in [4.69, 9.17) is 9.47 Å². The van der Waals surface area contributed by atoms with Crippen LogP contribution in [0.25, 0.3) is 0 Å². The van der Waals surface area contributed by atoms with Crippen LogP contribution in [0.3, 0.4) is 0 Å². The Kier molecular flexibility index (Phi) is 5.40. The molecule has 1 aliphatic carbocycles. The van der Waals surface area contributed by atoms with Crippen LogP contribution in [-0.4, -0.2) is 26.1 Å². The highest BCUT2D eigenvalue weighted by Gasteiger charge is 2.24. The number of halogens is 1. The van der Waals surface area contributed by atoms with Crippen molar-refractivity contribution in [3.05, 3.63) is 28.2 Å². The lowest BCUT2D eigenvalue weighted by Gasteiger charge is -2.11.